The standard InChI is InChI=1S/C25H30FN9/c1-16(2)35-17(3)31-25-20(26)9-18(10-22(25)35)21-11-23(30-15-29-21)32-24-13-27-19(12-28-24)14-34-7-5-33(4)6-8-34/h9-13,15-16H,5-8,14H2,1-4H3,(H,28,29,30,32). The van der Waals surface area contributed by atoms with Crippen molar-refractivity contribution in [2.45, 2.75) is 33.4 Å². The number of aromatic nitrogens is 6. The van der Waals surface area contributed by atoms with Crippen LogP contribution in [0.2, 0.25) is 0 Å². The van der Waals surface area contributed by atoms with Crippen LogP contribution in [0.5, 0.6) is 0 Å². The van der Waals surface area contributed by atoms with Crippen LogP contribution in [0.1, 0.15) is 31.4 Å². The first-order valence-corrected chi connectivity index (χ1v) is 11.9. The van der Waals surface area contributed by atoms with Crippen LogP contribution in [-0.4, -0.2) is 72.5 Å². The quantitative estimate of drug-likeness (QED) is 0.451. The van der Waals surface area contributed by atoms with Gasteiger partial charge in [-0.15, -0.1) is 0 Å². The topological polar surface area (TPSA) is 87.9 Å². The van der Waals surface area contributed by atoms with Crippen molar-refractivity contribution in [3.8, 4) is 11.3 Å². The molecule has 5 rings (SSSR count). The first-order chi connectivity index (χ1) is 16.9. The molecule has 0 unspecified atom stereocenters. The molecule has 1 fully saturated rings. The zero-order valence-electron chi connectivity index (χ0n) is 20.5. The normalized spacial score (nSPS) is 15.3. The molecule has 10 heteroatoms. The molecule has 0 spiro atoms. The number of anilines is 2. The Morgan fingerprint density at radius 3 is 2.49 bits per heavy atom. The van der Waals surface area contributed by atoms with Crippen LogP contribution in [0.25, 0.3) is 22.3 Å². The van der Waals surface area contributed by atoms with Crippen molar-refractivity contribution in [1.82, 2.24) is 39.3 Å². The number of hydrogen-bond donors (Lipinski definition) is 1. The summed E-state index contributed by atoms with van der Waals surface area (Å²) in [6.45, 7) is 11.0. The van der Waals surface area contributed by atoms with E-state index in [-0.39, 0.29) is 11.9 Å². The summed E-state index contributed by atoms with van der Waals surface area (Å²) in [5, 5.41) is 3.18. The lowest BCUT2D eigenvalue weighted by molar-refractivity contribution is 0.147. The van der Waals surface area contributed by atoms with E-state index in [1.165, 1.54) is 12.4 Å². The van der Waals surface area contributed by atoms with Gasteiger partial charge >= 0.3 is 0 Å². The van der Waals surface area contributed by atoms with Gasteiger partial charge in [0.25, 0.3) is 0 Å². The number of rotatable bonds is 6. The maximum atomic E-state index is 14.9. The predicted octanol–water partition coefficient (Wildman–Crippen LogP) is 3.80. The van der Waals surface area contributed by atoms with E-state index in [2.05, 4.69) is 60.9 Å². The van der Waals surface area contributed by atoms with E-state index < -0.39 is 0 Å². The second-order valence-corrected chi connectivity index (χ2v) is 9.33. The lowest BCUT2D eigenvalue weighted by Gasteiger charge is -2.31. The summed E-state index contributed by atoms with van der Waals surface area (Å²) in [6, 6.07) is 5.34. The van der Waals surface area contributed by atoms with E-state index in [1.54, 1.807) is 18.5 Å². The average molecular weight is 476 g/mol. The SMILES string of the molecule is Cc1nc2c(F)cc(-c3cc(Nc4cnc(CN5CCN(C)CC5)cn4)ncn3)cc2n1C(C)C. The van der Waals surface area contributed by atoms with E-state index in [0.29, 0.717) is 28.4 Å². The Balaban J connectivity index is 1.34. The fourth-order valence-corrected chi connectivity index (χ4v) is 4.52. The number of nitrogens with zero attached hydrogens (tertiary/aromatic N) is 8. The molecular formula is C25H30FN9. The Kier molecular flexibility index (Phi) is 6.40. The molecule has 1 aliphatic heterocycles. The van der Waals surface area contributed by atoms with Gasteiger partial charge in [-0.2, -0.15) is 0 Å². The average Bonchev–Trinajstić information content (AvgIpc) is 3.19. The molecule has 1 N–H and O–H groups in total. The highest BCUT2D eigenvalue weighted by Gasteiger charge is 2.17. The number of imidazole rings is 1. The van der Waals surface area contributed by atoms with Crippen LogP contribution in [0.15, 0.2) is 36.9 Å². The second kappa shape index (κ2) is 9.63. The summed E-state index contributed by atoms with van der Waals surface area (Å²) in [5.74, 6) is 1.57. The van der Waals surface area contributed by atoms with Crippen molar-refractivity contribution >= 4 is 22.7 Å². The molecule has 1 aromatic carbocycles. The summed E-state index contributed by atoms with van der Waals surface area (Å²) in [4.78, 5) is 26.9. The zero-order valence-corrected chi connectivity index (χ0v) is 20.5. The molecule has 182 valence electrons. The number of benzene rings is 1. The molecule has 0 saturated carbocycles. The van der Waals surface area contributed by atoms with Gasteiger partial charge in [-0.05, 0) is 40.0 Å². The lowest BCUT2D eigenvalue weighted by Crippen LogP contribution is -2.44. The number of halogens is 1. The largest absolute Gasteiger partial charge is 0.326 e. The van der Waals surface area contributed by atoms with Crippen LogP contribution in [0, 0.1) is 12.7 Å². The fourth-order valence-electron chi connectivity index (χ4n) is 4.52. The minimum absolute atomic E-state index is 0.162. The van der Waals surface area contributed by atoms with Crippen LogP contribution in [0.3, 0.4) is 0 Å². The van der Waals surface area contributed by atoms with Crippen molar-refractivity contribution in [2.75, 3.05) is 38.5 Å². The van der Waals surface area contributed by atoms with Crippen LogP contribution >= 0.6 is 0 Å². The summed E-state index contributed by atoms with van der Waals surface area (Å²) in [5.41, 5.74) is 3.33. The van der Waals surface area contributed by atoms with Crippen molar-refractivity contribution in [2.24, 2.45) is 0 Å². The number of piperazine rings is 1. The molecule has 35 heavy (non-hydrogen) atoms. The number of fused-ring (bicyclic) bond motifs is 1. The first kappa shape index (κ1) is 23.3. The Morgan fingerprint density at radius 2 is 1.77 bits per heavy atom. The number of hydrogen-bond acceptors (Lipinski definition) is 8. The molecule has 0 atom stereocenters. The van der Waals surface area contributed by atoms with Crippen molar-refractivity contribution in [3.05, 3.63) is 54.3 Å². The minimum Gasteiger partial charge on any atom is -0.326 e. The molecule has 4 aromatic rings. The molecule has 0 amide bonds. The van der Waals surface area contributed by atoms with E-state index >= 15 is 0 Å². The van der Waals surface area contributed by atoms with Gasteiger partial charge in [0.2, 0.25) is 0 Å². The van der Waals surface area contributed by atoms with Gasteiger partial charge in [-0.3, -0.25) is 9.88 Å². The Bertz CT molecular complexity index is 1330. The van der Waals surface area contributed by atoms with E-state index in [9.17, 15) is 4.39 Å². The Labute approximate surface area is 204 Å². The molecule has 1 saturated heterocycles. The van der Waals surface area contributed by atoms with E-state index in [4.69, 9.17) is 0 Å². The van der Waals surface area contributed by atoms with Gasteiger partial charge in [0.15, 0.2) is 5.82 Å². The highest BCUT2D eigenvalue weighted by molar-refractivity contribution is 5.83. The second-order valence-electron chi connectivity index (χ2n) is 9.33. The summed E-state index contributed by atoms with van der Waals surface area (Å²) < 4.78 is 16.9. The predicted molar refractivity (Wildman–Crippen MR) is 134 cm³/mol. The van der Waals surface area contributed by atoms with Crippen LogP contribution in [-0.2, 0) is 6.54 Å². The molecule has 4 heterocycles. The third-order valence-electron chi connectivity index (χ3n) is 6.35. The van der Waals surface area contributed by atoms with E-state index in [0.717, 1.165) is 49.8 Å². The number of aryl methyl sites for hydroxylation is 1. The first-order valence-electron chi connectivity index (χ1n) is 11.9. The van der Waals surface area contributed by atoms with Crippen LogP contribution in [0.4, 0.5) is 16.0 Å². The smallest absolute Gasteiger partial charge is 0.151 e. The minimum atomic E-state index is -0.366. The van der Waals surface area contributed by atoms with Gasteiger partial charge in [-0.25, -0.2) is 24.3 Å². The van der Waals surface area contributed by atoms with Gasteiger partial charge in [-0.1, -0.05) is 0 Å². The molecule has 3 aromatic heterocycles. The van der Waals surface area contributed by atoms with E-state index in [1.807, 2.05) is 17.6 Å². The molecule has 0 radical (unpaired) electrons. The molecule has 0 aliphatic carbocycles. The van der Waals surface area contributed by atoms with Crippen molar-refractivity contribution < 1.29 is 4.39 Å². The molecule has 9 nitrogen and oxygen atoms in total. The van der Waals surface area contributed by atoms with Gasteiger partial charge < -0.3 is 14.8 Å². The lowest BCUT2D eigenvalue weighted by atomic mass is 10.1. The highest BCUT2D eigenvalue weighted by Crippen LogP contribution is 2.29. The molecule has 0 bridgehead atoms. The van der Waals surface area contributed by atoms with Gasteiger partial charge in [0.1, 0.15) is 29.3 Å². The summed E-state index contributed by atoms with van der Waals surface area (Å²) >= 11 is 0. The highest BCUT2D eigenvalue weighted by atomic mass is 19.1. The van der Waals surface area contributed by atoms with Crippen molar-refractivity contribution in [1.29, 1.82) is 0 Å². The molecule has 1 aliphatic rings. The van der Waals surface area contributed by atoms with Gasteiger partial charge in [0.05, 0.1) is 29.3 Å². The summed E-state index contributed by atoms with van der Waals surface area (Å²) in [7, 11) is 2.15. The molecular weight excluding hydrogens is 445 g/mol. The Hall–Kier alpha value is -3.50. The van der Waals surface area contributed by atoms with Crippen molar-refractivity contribution in [3.63, 3.8) is 0 Å². The fraction of sp³-hybridized carbons (Fsp3) is 0.400. The Morgan fingerprint density at radius 1 is 0.971 bits per heavy atom. The van der Waals surface area contributed by atoms with Crippen LogP contribution < -0.4 is 5.32 Å². The number of nitrogens with one attached hydrogen (secondary N) is 1. The monoisotopic (exact) mass is 475 g/mol. The number of likely N-dealkylation sites (N-methyl/N-ethyl adjacent to an activating group) is 1. The summed E-state index contributed by atoms with van der Waals surface area (Å²) in [6.07, 6.45) is 4.96. The zero-order chi connectivity index (χ0) is 24.5. The third kappa shape index (κ3) is 4.98. The maximum Gasteiger partial charge on any atom is 0.151 e. The third-order valence-corrected chi connectivity index (χ3v) is 6.35. The maximum absolute atomic E-state index is 14.9. The van der Waals surface area contributed by atoms with Gasteiger partial charge in [0, 0.05) is 50.4 Å².